The van der Waals surface area contributed by atoms with Crippen LogP contribution in [0.15, 0.2) is 15.7 Å². The summed E-state index contributed by atoms with van der Waals surface area (Å²) in [4.78, 5) is 0. The van der Waals surface area contributed by atoms with Crippen molar-refractivity contribution >= 4 is 21.4 Å². The topological polar surface area (TPSA) is 49.4 Å². The SMILES string of the molecule is CCC(C)CN(CC)S(=O)(=O)c1cc(CNC)cs1. The Morgan fingerprint density at radius 2 is 2.11 bits per heavy atom. The van der Waals surface area contributed by atoms with Crippen molar-refractivity contribution in [3.63, 3.8) is 0 Å². The largest absolute Gasteiger partial charge is 0.316 e. The number of rotatable bonds is 8. The minimum Gasteiger partial charge on any atom is -0.316 e. The number of nitrogens with one attached hydrogen (secondary N) is 1. The molecule has 0 spiro atoms. The average molecular weight is 304 g/mol. The van der Waals surface area contributed by atoms with Gasteiger partial charge in [0.15, 0.2) is 0 Å². The lowest BCUT2D eigenvalue weighted by Gasteiger charge is -2.22. The van der Waals surface area contributed by atoms with Crippen LogP contribution in [0.25, 0.3) is 0 Å². The lowest BCUT2D eigenvalue weighted by molar-refractivity contribution is 0.362. The van der Waals surface area contributed by atoms with E-state index in [0.717, 1.165) is 12.0 Å². The van der Waals surface area contributed by atoms with Gasteiger partial charge in [0.25, 0.3) is 10.0 Å². The highest BCUT2D eigenvalue weighted by Crippen LogP contribution is 2.24. The van der Waals surface area contributed by atoms with E-state index in [9.17, 15) is 8.42 Å². The Balaban J connectivity index is 2.92. The molecule has 0 aromatic carbocycles. The van der Waals surface area contributed by atoms with Crippen molar-refractivity contribution in [2.24, 2.45) is 5.92 Å². The van der Waals surface area contributed by atoms with E-state index in [-0.39, 0.29) is 0 Å². The molecule has 0 amide bonds. The van der Waals surface area contributed by atoms with Crippen molar-refractivity contribution < 1.29 is 8.42 Å². The number of nitrogens with zero attached hydrogens (tertiary/aromatic N) is 1. The second-order valence-corrected chi connectivity index (χ2v) is 7.85. The van der Waals surface area contributed by atoms with Crippen LogP contribution in [0.5, 0.6) is 0 Å². The molecule has 0 bridgehead atoms. The second-order valence-electron chi connectivity index (χ2n) is 4.77. The normalized spacial score (nSPS) is 13.9. The average Bonchev–Trinajstić information content (AvgIpc) is 2.85. The quantitative estimate of drug-likeness (QED) is 0.803. The predicted molar refractivity (Wildman–Crippen MR) is 81.0 cm³/mol. The Labute approximate surface area is 120 Å². The van der Waals surface area contributed by atoms with Crippen molar-refractivity contribution in [3.05, 3.63) is 17.0 Å². The third-order valence-corrected chi connectivity index (χ3v) is 6.57. The molecule has 1 aromatic heterocycles. The summed E-state index contributed by atoms with van der Waals surface area (Å²) in [5.41, 5.74) is 1.02. The monoisotopic (exact) mass is 304 g/mol. The highest BCUT2D eigenvalue weighted by Gasteiger charge is 2.25. The molecule has 1 heterocycles. The van der Waals surface area contributed by atoms with Crippen LogP contribution in [-0.2, 0) is 16.6 Å². The van der Waals surface area contributed by atoms with Gasteiger partial charge in [-0.25, -0.2) is 8.42 Å². The van der Waals surface area contributed by atoms with Gasteiger partial charge in [0.05, 0.1) is 0 Å². The van der Waals surface area contributed by atoms with Gasteiger partial charge in [0.2, 0.25) is 0 Å². The van der Waals surface area contributed by atoms with Crippen LogP contribution in [0.4, 0.5) is 0 Å². The molecule has 0 saturated heterocycles. The van der Waals surface area contributed by atoms with Gasteiger partial charge in [-0.15, -0.1) is 11.3 Å². The smallest absolute Gasteiger partial charge is 0.252 e. The highest BCUT2D eigenvalue weighted by atomic mass is 32.2. The molecule has 1 N–H and O–H groups in total. The van der Waals surface area contributed by atoms with E-state index in [1.807, 2.05) is 19.4 Å². The summed E-state index contributed by atoms with van der Waals surface area (Å²) in [6.07, 6.45) is 0.988. The number of hydrogen-bond acceptors (Lipinski definition) is 4. The van der Waals surface area contributed by atoms with Crippen molar-refractivity contribution in [1.82, 2.24) is 9.62 Å². The molecule has 1 aromatic rings. The van der Waals surface area contributed by atoms with Crippen molar-refractivity contribution in [2.45, 2.75) is 37.9 Å². The van der Waals surface area contributed by atoms with Gasteiger partial charge in [-0.1, -0.05) is 27.2 Å². The number of hydrogen-bond donors (Lipinski definition) is 1. The maximum absolute atomic E-state index is 12.5. The number of sulfonamides is 1. The molecule has 4 nitrogen and oxygen atoms in total. The second kappa shape index (κ2) is 7.38. The maximum atomic E-state index is 12.5. The lowest BCUT2D eigenvalue weighted by Crippen LogP contribution is -2.34. The molecule has 1 atom stereocenters. The summed E-state index contributed by atoms with van der Waals surface area (Å²) in [6, 6.07) is 1.77. The van der Waals surface area contributed by atoms with Gasteiger partial charge < -0.3 is 5.32 Å². The van der Waals surface area contributed by atoms with Crippen molar-refractivity contribution in [2.75, 3.05) is 20.1 Å². The van der Waals surface area contributed by atoms with E-state index in [4.69, 9.17) is 0 Å². The summed E-state index contributed by atoms with van der Waals surface area (Å²) in [5, 5.41) is 4.93. The molecule has 0 aliphatic rings. The first-order chi connectivity index (χ1) is 8.95. The summed E-state index contributed by atoms with van der Waals surface area (Å²) in [5.74, 6) is 0.381. The highest BCUT2D eigenvalue weighted by molar-refractivity contribution is 7.91. The molecular formula is C13H24N2O2S2. The summed E-state index contributed by atoms with van der Waals surface area (Å²) >= 11 is 1.31. The van der Waals surface area contributed by atoms with Crippen LogP contribution in [0, 0.1) is 5.92 Å². The molecule has 1 unspecified atom stereocenters. The van der Waals surface area contributed by atoms with E-state index < -0.39 is 10.0 Å². The Hall–Kier alpha value is -0.430. The van der Waals surface area contributed by atoms with Crippen LogP contribution in [0.1, 0.15) is 32.8 Å². The first kappa shape index (κ1) is 16.6. The van der Waals surface area contributed by atoms with Gasteiger partial charge in [-0.3, -0.25) is 0 Å². The van der Waals surface area contributed by atoms with Crippen LogP contribution in [0.3, 0.4) is 0 Å². The van der Waals surface area contributed by atoms with E-state index in [1.54, 1.807) is 10.4 Å². The zero-order chi connectivity index (χ0) is 14.5. The van der Waals surface area contributed by atoms with Gasteiger partial charge in [0, 0.05) is 19.6 Å². The molecular weight excluding hydrogens is 280 g/mol. The molecule has 0 aliphatic carbocycles. The van der Waals surface area contributed by atoms with Crippen molar-refractivity contribution in [1.29, 1.82) is 0 Å². The van der Waals surface area contributed by atoms with Gasteiger partial charge in [-0.05, 0) is 30.0 Å². The fourth-order valence-electron chi connectivity index (χ4n) is 1.79. The Morgan fingerprint density at radius 1 is 1.42 bits per heavy atom. The lowest BCUT2D eigenvalue weighted by atomic mass is 10.1. The summed E-state index contributed by atoms with van der Waals surface area (Å²) < 4.78 is 27.1. The van der Waals surface area contributed by atoms with Crippen LogP contribution < -0.4 is 5.32 Å². The van der Waals surface area contributed by atoms with Crippen LogP contribution in [0.2, 0.25) is 0 Å². The minimum absolute atomic E-state index is 0.381. The fourth-order valence-corrected chi connectivity index (χ4v) is 4.72. The molecule has 6 heteroatoms. The third kappa shape index (κ3) is 4.27. The molecule has 110 valence electrons. The molecule has 0 aliphatic heterocycles. The fraction of sp³-hybridized carbons (Fsp3) is 0.692. The standard InChI is InChI=1S/C13H24N2O2S2/c1-5-11(3)9-15(6-2)19(16,17)13-7-12(8-14-4)10-18-13/h7,10-11,14H,5-6,8-9H2,1-4H3. The number of thiophene rings is 1. The zero-order valence-corrected chi connectivity index (χ0v) is 13.8. The van der Waals surface area contributed by atoms with E-state index in [0.29, 0.717) is 29.8 Å². The van der Waals surface area contributed by atoms with Crippen molar-refractivity contribution in [3.8, 4) is 0 Å². The summed E-state index contributed by atoms with van der Waals surface area (Å²) in [7, 11) is -1.48. The molecule has 0 saturated carbocycles. The maximum Gasteiger partial charge on any atom is 0.252 e. The van der Waals surface area contributed by atoms with Crippen LogP contribution >= 0.6 is 11.3 Å². The van der Waals surface area contributed by atoms with Crippen LogP contribution in [-0.4, -0.2) is 32.9 Å². The first-order valence-electron chi connectivity index (χ1n) is 6.67. The first-order valence-corrected chi connectivity index (χ1v) is 8.99. The van der Waals surface area contributed by atoms with E-state index in [2.05, 4.69) is 19.2 Å². The van der Waals surface area contributed by atoms with Gasteiger partial charge in [-0.2, -0.15) is 4.31 Å². The van der Waals surface area contributed by atoms with Gasteiger partial charge >= 0.3 is 0 Å². The van der Waals surface area contributed by atoms with E-state index >= 15 is 0 Å². The molecule has 0 radical (unpaired) electrons. The molecule has 0 fully saturated rings. The third-order valence-electron chi connectivity index (χ3n) is 3.17. The zero-order valence-electron chi connectivity index (χ0n) is 12.1. The molecule has 1 rings (SSSR count). The van der Waals surface area contributed by atoms with Gasteiger partial charge in [0.1, 0.15) is 4.21 Å². The predicted octanol–water partition coefficient (Wildman–Crippen LogP) is 2.52. The Bertz CT molecular complexity index is 483. The molecule has 19 heavy (non-hydrogen) atoms. The Kier molecular flexibility index (Phi) is 6.46. The Morgan fingerprint density at radius 3 is 2.63 bits per heavy atom. The summed E-state index contributed by atoms with van der Waals surface area (Å²) in [6.45, 7) is 7.87. The minimum atomic E-state index is -3.33. The van der Waals surface area contributed by atoms with E-state index in [1.165, 1.54) is 11.3 Å².